The molecule has 0 aliphatic heterocycles. The first-order valence-corrected chi connectivity index (χ1v) is 6.88. The maximum absolute atomic E-state index is 10.9. The van der Waals surface area contributed by atoms with Crippen LogP contribution in [0.3, 0.4) is 0 Å². The smallest absolute Gasteiger partial charge is 0.335 e. The first kappa shape index (κ1) is 14.0. The molecule has 3 aromatic rings. The molecule has 0 unspecified atom stereocenters. The molecular formula is C17H15N3O2. The van der Waals surface area contributed by atoms with Crippen LogP contribution in [-0.2, 0) is 0 Å². The first-order chi connectivity index (χ1) is 10.5. The van der Waals surface area contributed by atoms with Crippen molar-refractivity contribution >= 4 is 5.97 Å². The minimum atomic E-state index is -0.943. The van der Waals surface area contributed by atoms with Crippen molar-refractivity contribution in [2.75, 3.05) is 0 Å². The molecule has 2 aromatic carbocycles. The Labute approximate surface area is 127 Å². The molecule has 22 heavy (non-hydrogen) atoms. The standard InChI is InChI=1S/C17H15N3O2/c1-11-3-4-12(2)15(9-11)16-10-20(19-18-16)14-7-5-13(6-8-14)17(21)22/h3-10H,1-2H3,(H,21,22). The maximum atomic E-state index is 10.9. The van der Waals surface area contributed by atoms with E-state index in [1.165, 1.54) is 5.56 Å². The Bertz CT molecular complexity index is 835. The Balaban J connectivity index is 1.96. The molecule has 0 bridgehead atoms. The zero-order valence-corrected chi connectivity index (χ0v) is 12.3. The number of carboxylic acids is 1. The Kier molecular flexibility index (Phi) is 3.47. The van der Waals surface area contributed by atoms with Crippen molar-refractivity contribution in [3.63, 3.8) is 0 Å². The number of hydrogen-bond donors (Lipinski definition) is 1. The van der Waals surface area contributed by atoms with E-state index in [1.807, 2.05) is 20.0 Å². The van der Waals surface area contributed by atoms with Crippen LogP contribution < -0.4 is 0 Å². The van der Waals surface area contributed by atoms with E-state index in [1.54, 1.807) is 28.9 Å². The fourth-order valence-electron chi connectivity index (χ4n) is 2.28. The highest BCUT2D eigenvalue weighted by Crippen LogP contribution is 2.23. The fraction of sp³-hybridized carbons (Fsp3) is 0.118. The molecule has 0 saturated heterocycles. The molecule has 1 heterocycles. The molecule has 0 radical (unpaired) electrons. The average Bonchev–Trinajstić information content (AvgIpc) is 2.99. The SMILES string of the molecule is Cc1ccc(C)c(-c2cn(-c3ccc(C(=O)O)cc3)nn2)c1. The van der Waals surface area contributed by atoms with Gasteiger partial charge in [0.15, 0.2) is 0 Å². The zero-order chi connectivity index (χ0) is 15.7. The van der Waals surface area contributed by atoms with Gasteiger partial charge in [-0.2, -0.15) is 0 Å². The second kappa shape index (κ2) is 5.44. The molecule has 0 fully saturated rings. The van der Waals surface area contributed by atoms with Gasteiger partial charge in [0.05, 0.1) is 17.4 Å². The van der Waals surface area contributed by atoms with E-state index in [0.29, 0.717) is 0 Å². The molecule has 110 valence electrons. The van der Waals surface area contributed by atoms with Gasteiger partial charge >= 0.3 is 5.97 Å². The van der Waals surface area contributed by atoms with Crippen LogP contribution in [0.4, 0.5) is 0 Å². The Morgan fingerprint density at radius 1 is 1.09 bits per heavy atom. The topological polar surface area (TPSA) is 68.0 Å². The largest absolute Gasteiger partial charge is 0.478 e. The third-order valence-electron chi connectivity index (χ3n) is 3.54. The minimum Gasteiger partial charge on any atom is -0.478 e. The van der Waals surface area contributed by atoms with Crippen molar-refractivity contribution in [3.8, 4) is 16.9 Å². The van der Waals surface area contributed by atoms with Crippen LogP contribution in [-0.4, -0.2) is 26.1 Å². The van der Waals surface area contributed by atoms with Crippen LogP contribution >= 0.6 is 0 Å². The summed E-state index contributed by atoms with van der Waals surface area (Å²) >= 11 is 0. The maximum Gasteiger partial charge on any atom is 0.335 e. The summed E-state index contributed by atoms with van der Waals surface area (Å²) in [6.07, 6.45) is 1.84. The van der Waals surface area contributed by atoms with Crippen LogP contribution in [0.1, 0.15) is 21.5 Å². The third-order valence-corrected chi connectivity index (χ3v) is 3.54. The van der Waals surface area contributed by atoms with Gasteiger partial charge in [-0.15, -0.1) is 5.10 Å². The highest BCUT2D eigenvalue weighted by atomic mass is 16.4. The van der Waals surface area contributed by atoms with Gasteiger partial charge in [-0.3, -0.25) is 0 Å². The van der Waals surface area contributed by atoms with E-state index in [4.69, 9.17) is 5.11 Å². The average molecular weight is 293 g/mol. The number of benzene rings is 2. The van der Waals surface area contributed by atoms with Gasteiger partial charge in [0.2, 0.25) is 0 Å². The van der Waals surface area contributed by atoms with Crippen LogP contribution in [0.25, 0.3) is 16.9 Å². The number of aromatic nitrogens is 3. The molecule has 0 aliphatic carbocycles. The molecule has 3 rings (SSSR count). The van der Waals surface area contributed by atoms with Crippen molar-refractivity contribution in [1.29, 1.82) is 0 Å². The summed E-state index contributed by atoms with van der Waals surface area (Å²) in [4.78, 5) is 10.9. The molecule has 0 aliphatic rings. The predicted molar refractivity (Wildman–Crippen MR) is 83.2 cm³/mol. The van der Waals surface area contributed by atoms with Gasteiger partial charge in [0, 0.05) is 5.56 Å². The Hall–Kier alpha value is -2.95. The molecular weight excluding hydrogens is 278 g/mol. The predicted octanol–water partition coefficient (Wildman–Crippen LogP) is 3.25. The van der Waals surface area contributed by atoms with E-state index < -0.39 is 5.97 Å². The summed E-state index contributed by atoms with van der Waals surface area (Å²) < 4.78 is 1.64. The molecule has 0 amide bonds. The number of rotatable bonds is 3. The summed E-state index contributed by atoms with van der Waals surface area (Å²) in [5.41, 5.74) is 5.17. The number of carboxylic acid groups (broad SMARTS) is 1. The minimum absolute atomic E-state index is 0.249. The lowest BCUT2D eigenvalue weighted by Crippen LogP contribution is -1.98. The quantitative estimate of drug-likeness (QED) is 0.805. The second-order valence-corrected chi connectivity index (χ2v) is 5.22. The molecule has 1 aromatic heterocycles. The van der Waals surface area contributed by atoms with Gasteiger partial charge < -0.3 is 5.11 Å². The van der Waals surface area contributed by atoms with E-state index in [2.05, 4.69) is 28.5 Å². The van der Waals surface area contributed by atoms with Gasteiger partial charge in [-0.25, -0.2) is 9.48 Å². The molecule has 1 N–H and O–H groups in total. The normalized spacial score (nSPS) is 10.6. The highest BCUT2D eigenvalue weighted by molar-refractivity contribution is 5.87. The number of nitrogens with zero attached hydrogens (tertiary/aromatic N) is 3. The number of aryl methyl sites for hydroxylation is 2. The fourth-order valence-corrected chi connectivity index (χ4v) is 2.28. The van der Waals surface area contributed by atoms with Crippen LogP contribution in [0, 0.1) is 13.8 Å². The van der Waals surface area contributed by atoms with Crippen molar-refractivity contribution < 1.29 is 9.90 Å². The molecule has 0 saturated carbocycles. The van der Waals surface area contributed by atoms with Crippen LogP contribution in [0.2, 0.25) is 0 Å². The molecule has 5 nitrogen and oxygen atoms in total. The van der Waals surface area contributed by atoms with E-state index in [9.17, 15) is 4.79 Å². The summed E-state index contributed by atoms with van der Waals surface area (Å²) in [5.74, 6) is -0.943. The lowest BCUT2D eigenvalue weighted by atomic mass is 10.0. The van der Waals surface area contributed by atoms with Crippen molar-refractivity contribution in [3.05, 3.63) is 65.4 Å². The van der Waals surface area contributed by atoms with Crippen LogP contribution in [0.5, 0.6) is 0 Å². The van der Waals surface area contributed by atoms with E-state index in [-0.39, 0.29) is 5.56 Å². The van der Waals surface area contributed by atoms with Gasteiger partial charge in [0.25, 0.3) is 0 Å². The van der Waals surface area contributed by atoms with Crippen LogP contribution in [0.15, 0.2) is 48.7 Å². The highest BCUT2D eigenvalue weighted by Gasteiger charge is 2.09. The summed E-state index contributed by atoms with van der Waals surface area (Å²) in [6, 6.07) is 12.7. The van der Waals surface area contributed by atoms with Crippen molar-refractivity contribution in [1.82, 2.24) is 15.0 Å². The molecule has 0 atom stereocenters. The van der Waals surface area contributed by atoms with E-state index in [0.717, 1.165) is 22.5 Å². The van der Waals surface area contributed by atoms with E-state index >= 15 is 0 Å². The third kappa shape index (κ3) is 2.61. The van der Waals surface area contributed by atoms with Gasteiger partial charge in [0.1, 0.15) is 5.69 Å². The summed E-state index contributed by atoms with van der Waals surface area (Å²) in [6.45, 7) is 4.08. The number of aromatic carboxylic acids is 1. The lowest BCUT2D eigenvalue weighted by Gasteiger charge is -2.03. The number of carbonyl (C=O) groups is 1. The van der Waals surface area contributed by atoms with Gasteiger partial charge in [-0.1, -0.05) is 22.9 Å². The summed E-state index contributed by atoms with van der Waals surface area (Å²) in [5, 5.41) is 17.3. The second-order valence-electron chi connectivity index (χ2n) is 5.22. The Morgan fingerprint density at radius 2 is 1.82 bits per heavy atom. The Morgan fingerprint density at radius 3 is 2.50 bits per heavy atom. The van der Waals surface area contributed by atoms with Crippen molar-refractivity contribution in [2.45, 2.75) is 13.8 Å². The summed E-state index contributed by atoms with van der Waals surface area (Å²) in [7, 11) is 0. The van der Waals surface area contributed by atoms with Gasteiger partial charge in [-0.05, 0) is 49.7 Å². The zero-order valence-electron chi connectivity index (χ0n) is 12.3. The number of hydrogen-bond acceptors (Lipinski definition) is 3. The van der Waals surface area contributed by atoms with Crippen molar-refractivity contribution in [2.24, 2.45) is 0 Å². The lowest BCUT2D eigenvalue weighted by molar-refractivity contribution is 0.0697. The molecule has 0 spiro atoms. The first-order valence-electron chi connectivity index (χ1n) is 6.88. The monoisotopic (exact) mass is 293 g/mol. The molecule has 5 heteroatoms.